The molecule has 7 heteroatoms. The van der Waals surface area contributed by atoms with Crippen molar-refractivity contribution in [3.05, 3.63) is 34.6 Å². The maximum absolute atomic E-state index is 12.7. The molecule has 0 unspecified atom stereocenters. The van der Waals surface area contributed by atoms with Crippen molar-refractivity contribution in [2.75, 3.05) is 0 Å². The summed E-state index contributed by atoms with van der Waals surface area (Å²) in [5.74, 6) is -0.550. The Kier molecular flexibility index (Phi) is 3.43. The van der Waals surface area contributed by atoms with Crippen LogP contribution in [-0.4, -0.2) is 8.42 Å². The molecule has 78 valence electrons. The van der Waals surface area contributed by atoms with Gasteiger partial charge in [-0.25, -0.2) is 9.53 Å². The van der Waals surface area contributed by atoms with Crippen molar-refractivity contribution in [1.29, 1.82) is 0 Å². The molecule has 3 N–H and O–H groups in total. The van der Waals surface area contributed by atoms with Crippen molar-refractivity contribution >= 4 is 21.8 Å². The Morgan fingerprint density at radius 3 is 2.64 bits per heavy atom. The number of nitrogens with one attached hydrogen (secondary N) is 1. The van der Waals surface area contributed by atoms with Gasteiger partial charge in [-0.05, 0) is 17.7 Å². The monoisotopic (exact) mass is 238 g/mol. The van der Waals surface area contributed by atoms with E-state index in [1.807, 2.05) is 0 Å². The number of benzene rings is 1. The van der Waals surface area contributed by atoms with E-state index >= 15 is 0 Å². The largest absolute Gasteiger partial charge is 0.274 e. The molecule has 0 fully saturated rings. The molecular weight excluding hydrogens is 231 g/mol. The average molecular weight is 239 g/mol. The second kappa shape index (κ2) is 4.22. The molecule has 0 aromatic heterocycles. The van der Waals surface area contributed by atoms with Gasteiger partial charge >= 0.3 is 0 Å². The van der Waals surface area contributed by atoms with Crippen LogP contribution >= 0.6 is 11.6 Å². The standard InChI is InChI=1S/C7H8ClFN2O2S/c8-6-3-5(1-2-7(6)9)4-11-14(10,12)13/h1-3,11H,4H2,(H2,10,12,13). The van der Waals surface area contributed by atoms with Crippen LogP contribution in [0.25, 0.3) is 0 Å². The third-order valence-electron chi connectivity index (χ3n) is 1.46. The fourth-order valence-corrected chi connectivity index (χ4v) is 1.40. The number of hydrogen-bond acceptors (Lipinski definition) is 2. The second-order valence-corrected chi connectivity index (χ2v) is 4.40. The van der Waals surface area contributed by atoms with Crippen LogP contribution in [-0.2, 0) is 16.8 Å². The lowest BCUT2D eigenvalue weighted by atomic mass is 10.2. The Bertz CT molecular complexity index is 435. The van der Waals surface area contributed by atoms with Gasteiger partial charge in [-0.3, -0.25) is 0 Å². The molecule has 4 nitrogen and oxygen atoms in total. The van der Waals surface area contributed by atoms with E-state index < -0.39 is 16.0 Å². The summed E-state index contributed by atoms with van der Waals surface area (Å²) in [7, 11) is -3.73. The van der Waals surface area contributed by atoms with Gasteiger partial charge < -0.3 is 0 Å². The van der Waals surface area contributed by atoms with Gasteiger partial charge in [-0.15, -0.1) is 0 Å². The molecule has 0 spiro atoms. The average Bonchev–Trinajstić information content (AvgIpc) is 2.06. The van der Waals surface area contributed by atoms with Crippen LogP contribution in [0, 0.1) is 5.82 Å². The molecule has 1 aromatic carbocycles. The van der Waals surface area contributed by atoms with Crippen LogP contribution in [0.4, 0.5) is 4.39 Å². The van der Waals surface area contributed by atoms with Crippen molar-refractivity contribution in [1.82, 2.24) is 4.72 Å². The SMILES string of the molecule is NS(=O)(=O)NCc1ccc(F)c(Cl)c1. The number of hydrogen-bond donors (Lipinski definition) is 2. The zero-order valence-corrected chi connectivity index (χ0v) is 8.57. The van der Waals surface area contributed by atoms with Crippen LogP contribution in [0.3, 0.4) is 0 Å². The number of rotatable bonds is 3. The molecule has 0 aliphatic rings. The van der Waals surface area contributed by atoms with Crippen molar-refractivity contribution in [3.8, 4) is 0 Å². The van der Waals surface area contributed by atoms with Crippen LogP contribution in [0.15, 0.2) is 18.2 Å². The maximum Gasteiger partial charge on any atom is 0.274 e. The summed E-state index contributed by atoms with van der Waals surface area (Å²) in [5, 5.41) is 4.65. The topological polar surface area (TPSA) is 72.2 Å². The Morgan fingerprint density at radius 2 is 2.14 bits per heavy atom. The molecule has 0 radical (unpaired) electrons. The zero-order valence-electron chi connectivity index (χ0n) is 7.00. The van der Waals surface area contributed by atoms with Gasteiger partial charge in [0.2, 0.25) is 0 Å². The minimum Gasteiger partial charge on any atom is -0.216 e. The lowest BCUT2D eigenvalue weighted by Gasteiger charge is -2.02. The van der Waals surface area contributed by atoms with E-state index in [0.29, 0.717) is 5.56 Å². The Balaban J connectivity index is 2.74. The van der Waals surface area contributed by atoms with Crippen molar-refractivity contribution in [3.63, 3.8) is 0 Å². The molecule has 14 heavy (non-hydrogen) atoms. The highest BCUT2D eigenvalue weighted by atomic mass is 35.5. The van der Waals surface area contributed by atoms with Gasteiger partial charge in [-0.1, -0.05) is 17.7 Å². The summed E-state index contributed by atoms with van der Waals surface area (Å²) in [6.07, 6.45) is 0. The number of halogens is 2. The van der Waals surface area contributed by atoms with Gasteiger partial charge in [0.05, 0.1) is 5.02 Å². The van der Waals surface area contributed by atoms with Crippen molar-refractivity contribution in [2.45, 2.75) is 6.54 Å². The van der Waals surface area contributed by atoms with Crippen molar-refractivity contribution in [2.24, 2.45) is 5.14 Å². The Morgan fingerprint density at radius 1 is 1.50 bits per heavy atom. The summed E-state index contributed by atoms with van der Waals surface area (Å²) in [6.45, 7) is -0.0150. The first kappa shape index (κ1) is 11.4. The predicted octanol–water partition coefficient (Wildman–Crippen LogP) is 0.772. The highest BCUT2D eigenvalue weighted by molar-refractivity contribution is 7.87. The molecule has 0 saturated heterocycles. The van der Waals surface area contributed by atoms with E-state index in [0.717, 1.165) is 6.07 Å². The van der Waals surface area contributed by atoms with Gasteiger partial charge in [0.1, 0.15) is 5.82 Å². The highest BCUT2D eigenvalue weighted by Crippen LogP contribution is 2.15. The van der Waals surface area contributed by atoms with Crippen LogP contribution in [0.1, 0.15) is 5.56 Å². The third-order valence-corrected chi connectivity index (χ3v) is 2.30. The molecule has 0 aliphatic carbocycles. The first-order valence-corrected chi connectivity index (χ1v) is 5.52. The normalized spacial score (nSPS) is 11.6. The minimum absolute atomic E-state index is 0.0150. The summed E-state index contributed by atoms with van der Waals surface area (Å²) in [6, 6.07) is 3.90. The fourth-order valence-electron chi connectivity index (χ4n) is 0.834. The molecular formula is C7H8ClFN2O2S. The van der Waals surface area contributed by atoms with Gasteiger partial charge in [0.15, 0.2) is 0 Å². The minimum atomic E-state index is -3.73. The van der Waals surface area contributed by atoms with Crippen LogP contribution in [0.2, 0.25) is 5.02 Å². The maximum atomic E-state index is 12.7. The Hall–Kier alpha value is -0.690. The summed E-state index contributed by atoms with van der Waals surface area (Å²) in [5.41, 5.74) is 0.533. The second-order valence-electron chi connectivity index (χ2n) is 2.61. The highest BCUT2D eigenvalue weighted by Gasteiger charge is 2.04. The molecule has 0 bridgehead atoms. The summed E-state index contributed by atoms with van der Waals surface area (Å²) in [4.78, 5) is 0. The van der Waals surface area contributed by atoms with Gasteiger partial charge in [0, 0.05) is 6.54 Å². The van der Waals surface area contributed by atoms with Crippen LogP contribution in [0.5, 0.6) is 0 Å². The van der Waals surface area contributed by atoms with Crippen LogP contribution < -0.4 is 9.86 Å². The third kappa shape index (κ3) is 3.59. The molecule has 0 aliphatic heterocycles. The Labute approximate surface area is 86.1 Å². The van der Waals surface area contributed by atoms with E-state index in [-0.39, 0.29) is 11.6 Å². The smallest absolute Gasteiger partial charge is 0.216 e. The molecule has 0 saturated carbocycles. The molecule has 1 aromatic rings. The van der Waals surface area contributed by atoms with E-state index in [4.69, 9.17) is 16.7 Å². The predicted molar refractivity (Wildman–Crippen MR) is 51.4 cm³/mol. The summed E-state index contributed by atoms with van der Waals surface area (Å²) >= 11 is 5.48. The molecule has 0 heterocycles. The zero-order chi connectivity index (χ0) is 10.8. The van der Waals surface area contributed by atoms with E-state index in [1.54, 1.807) is 0 Å². The molecule has 1 rings (SSSR count). The fraction of sp³-hybridized carbons (Fsp3) is 0.143. The first-order chi connectivity index (χ1) is 6.38. The lowest BCUT2D eigenvalue weighted by Crippen LogP contribution is -2.30. The lowest BCUT2D eigenvalue weighted by molar-refractivity contribution is 0.583. The first-order valence-electron chi connectivity index (χ1n) is 3.60. The number of nitrogens with two attached hydrogens (primary N) is 1. The molecule has 0 amide bonds. The quantitative estimate of drug-likeness (QED) is 0.817. The van der Waals surface area contributed by atoms with E-state index in [2.05, 4.69) is 4.72 Å². The van der Waals surface area contributed by atoms with Gasteiger partial charge in [0.25, 0.3) is 10.2 Å². The van der Waals surface area contributed by atoms with Gasteiger partial charge in [-0.2, -0.15) is 13.1 Å². The van der Waals surface area contributed by atoms with E-state index in [1.165, 1.54) is 12.1 Å². The molecule has 0 atom stereocenters. The van der Waals surface area contributed by atoms with Crippen molar-refractivity contribution < 1.29 is 12.8 Å². The van der Waals surface area contributed by atoms with E-state index in [9.17, 15) is 12.8 Å². The summed E-state index contributed by atoms with van der Waals surface area (Å²) < 4.78 is 35.8.